The zero-order chi connectivity index (χ0) is 9.90. The van der Waals surface area contributed by atoms with Gasteiger partial charge in [0, 0.05) is 17.2 Å². The predicted octanol–water partition coefficient (Wildman–Crippen LogP) is 1.11. The lowest BCUT2D eigenvalue weighted by atomic mass is 9.93. The molecule has 1 unspecified atom stereocenters. The molecule has 1 atom stereocenters. The topological polar surface area (TPSA) is 46.2 Å². The van der Waals surface area contributed by atoms with Crippen molar-refractivity contribution in [2.75, 3.05) is 18.8 Å². The molecule has 1 heterocycles. The fourth-order valence-corrected chi connectivity index (χ4v) is 2.64. The monoisotopic (exact) mass is 223 g/mol. The summed E-state index contributed by atoms with van der Waals surface area (Å²) < 4.78 is 21.5. The van der Waals surface area contributed by atoms with Crippen molar-refractivity contribution in [1.29, 1.82) is 0 Å². The molecular formula is C8H14ClNO2S. The Bertz CT molecular complexity index is 281. The molecule has 13 heavy (non-hydrogen) atoms. The molecule has 0 aromatic heterocycles. The van der Waals surface area contributed by atoms with Crippen molar-refractivity contribution in [3.63, 3.8) is 0 Å². The Morgan fingerprint density at radius 1 is 1.62 bits per heavy atom. The van der Waals surface area contributed by atoms with Crippen molar-refractivity contribution in [3.05, 3.63) is 12.2 Å². The Hall–Kier alpha value is -0.0600. The van der Waals surface area contributed by atoms with E-state index in [0.29, 0.717) is 0 Å². The second-order valence-corrected chi connectivity index (χ2v) is 6.16. The minimum absolute atomic E-state index is 0.0963. The number of nitrogens with one attached hydrogen (secondary N) is 1. The minimum Gasteiger partial charge on any atom is -0.316 e. The molecule has 0 amide bonds. The van der Waals surface area contributed by atoms with Crippen molar-refractivity contribution in [2.24, 2.45) is 5.92 Å². The van der Waals surface area contributed by atoms with E-state index in [-0.39, 0.29) is 11.7 Å². The van der Waals surface area contributed by atoms with E-state index in [0.717, 1.165) is 31.5 Å². The van der Waals surface area contributed by atoms with Crippen LogP contribution in [0, 0.1) is 5.92 Å². The first kappa shape index (κ1) is 11.0. The van der Waals surface area contributed by atoms with Gasteiger partial charge in [-0.05, 0) is 25.3 Å². The van der Waals surface area contributed by atoms with Gasteiger partial charge < -0.3 is 5.32 Å². The van der Waals surface area contributed by atoms with Gasteiger partial charge in [-0.1, -0.05) is 12.2 Å². The zero-order valence-corrected chi connectivity index (χ0v) is 9.00. The molecule has 1 N–H and O–H groups in total. The van der Waals surface area contributed by atoms with E-state index in [9.17, 15) is 8.42 Å². The summed E-state index contributed by atoms with van der Waals surface area (Å²) >= 11 is 0. The molecule has 0 aromatic carbocycles. The van der Waals surface area contributed by atoms with Crippen molar-refractivity contribution < 1.29 is 8.42 Å². The molecule has 5 heteroatoms. The van der Waals surface area contributed by atoms with Gasteiger partial charge >= 0.3 is 0 Å². The van der Waals surface area contributed by atoms with Crippen molar-refractivity contribution >= 4 is 19.7 Å². The van der Waals surface area contributed by atoms with Crippen LogP contribution >= 0.6 is 10.7 Å². The Morgan fingerprint density at radius 2 is 2.31 bits per heavy atom. The highest BCUT2D eigenvalue weighted by molar-refractivity contribution is 8.13. The number of halogens is 1. The molecule has 1 aliphatic heterocycles. The molecule has 1 aliphatic rings. The normalized spacial score (nSPS) is 24.2. The summed E-state index contributed by atoms with van der Waals surface area (Å²) in [5.41, 5.74) is 0.724. The lowest BCUT2D eigenvalue weighted by Crippen LogP contribution is -2.31. The van der Waals surface area contributed by atoms with Gasteiger partial charge in [0.15, 0.2) is 0 Å². The van der Waals surface area contributed by atoms with Gasteiger partial charge in [-0.3, -0.25) is 0 Å². The van der Waals surface area contributed by atoms with Crippen LogP contribution in [-0.4, -0.2) is 27.3 Å². The third-order valence-corrected chi connectivity index (χ3v) is 3.27. The molecule has 0 aliphatic carbocycles. The number of hydrogen-bond acceptors (Lipinski definition) is 3. The molecule has 3 nitrogen and oxygen atoms in total. The molecule has 0 bridgehead atoms. The third kappa shape index (κ3) is 4.11. The maximum atomic E-state index is 10.8. The summed E-state index contributed by atoms with van der Waals surface area (Å²) in [5.74, 6) is 0.170. The average Bonchev–Trinajstić information content (AvgIpc) is 2.03. The van der Waals surface area contributed by atoms with E-state index in [1.165, 1.54) is 0 Å². The largest absolute Gasteiger partial charge is 0.316 e. The summed E-state index contributed by atoms with van der Waals surface area (Å²) in [5, 5.41) is 3.20. The van der Waals surface area contributed by atoms with Gasteiger partial charge in [0.05, 0.1) is 5.75 Å². The highest BCUT2D eigenvalue weighted by Crippen LogP contribution is 2.20. The average molecular weight is 224 g/mol. The first-order valence-corrected chi connectivity index (χ1v) is 6.77. The van der Waals surface area contributed by atoms with Crippen molar-refractivity contribution in [2.45, 2.75) is 12.8 Å². The molecule has 0 radical (unpaired) electrons. The van der Waals surface area contributed by atoms with Crippen LogP contribution in [0.15, 0.2) is 12.2 Å². The number of hydrogen-bond donors (Lipinski definition) is 1. The van der Waals surface area contributed by atoms with Gasteiger partial charge in [-0.2, -0.15) is 0 Å². The predicted molar refractivity (Wildman–Crippen MR) is 54.4 cm³/mol. The Labute approximate surface area is 83.6 Å². The highest BCUT2D eigenvalue weighted by atomic mass is 35.7. The highest BCUT2D eigenvalue weighted by Gasteiger charge is 2.19. The first-order valence-electron chi connectivity index (χ1n) is 4.30. The van der Waals surface area contributed by atoms with Crippen molar-refractivity contribution in [1.82, 2.24) is 5.32 Å². The fourth-order valence-electron chi connectivity index (χ4n) is 1.54. The SMILES string of the molecule is C=C(CS(=O)(=O)Cl)C1CCCNC1. The molecule has 1 fully saturated rings. The summed E-state index contributed by atoms with van der Waals surface area (Å²) in [6.45, 7) is 5.60. The van der Waals surface area contributed by atoms with E-state index in [4.69, 9.17) is 10.7 Å². The van der Waals surface area contributed by atoms with Gasteiger partial charge in [-0.15, -0.1) is 0 Å². The molecule has 0 aromatic rings. The zero-order valence-electron chi connectivity index (χ0n) is 7.42. The molecule has 1 rings (SSSR count). The Kier molecular flexibility index (Phi) is 3.76. The smallest absolute Gasteiger partial charge is 0.236 e. The van der Waals surface area contributed by atoms with Crippen LogP contribution < -0.4 is 5.32 Å². The number of piperidine rings is 1. The molecular weight excluding hydrogens is 210 g/mol. The first-order chi connectivity index (χ1) is 5.99. The van der Waals surface area contributed by atoms with Crippen LogP contribution in [0.3, 0.4) is 0 Å². The number of rotatable bonds is 3. The molecule has 0 saturated carbocycles. The van der Waals surface area contributed by atoms with Gasteiger partial charge in [0.25, 0.3) is 0 Å². The van der Waals surface area contributed by atoms with Crippen LogP contribution in [0.5, 0.6) is 0 Å². The standard InChI is InChI=1S/C8H14ClNO2S/c1-7(6-13(9,11)12)8-3-2-4-10-5-8/h8,10H,1-6H2. The van der Waals surface area contributed by atoms with Crippen LogP contribution in [0.25, 0.3) is 0 Å². The maximum absolute atomic E-state index is 10.8. The van der Waals surface area contributed by atoms with Crippen molar-refractivity contribution in [3.8, 4) is 0 Å². The second-order valence-electron chi connectivity index (χ2n) is 3.38. The lowest BCUT2D eigenvalue weighted by molar-refractivity contribution is 0.423. The van der Waals surface area contributed by atoms with Crippen LogP contribution in [0.2, 0.25) is 0 Å². The van der Waals surface area contributed by atoms with E-state index in [2.05, 4.69) is 11.9 Å². The van der Waals surface area contributed by atoms with E-state index < -0.39 is 9.05 Å². The van der Waals surface area contributed by atoms with E-state index in [1.807, 2.05) is 0 Å². The minimum atomic E-state index is -3.43. The molecule has 1 saturated heterocycles. The van der Waals surface area contributed by atoms with Gasteiger partial charge in [0.1, 0.15) is 0 Å². The van der Waals surface area contributed by atoms with E-state index >= 15 is 0 Å². The van der Waals surface area contributed by atoms with Crippen LogP contribution in [-0.2, 0) is 9.05 Å². The van der Waals surface area contributed by atoms with Gasteiger partial charge in [-0.25, -0.2) is 8.42 Å². The fraction of sp³-hybridized carbons (Fsp3) is 0.750. The summed E-state index contributed by atoms with van der Waals surface area (Å²) in [6, 6.07) is 0. The molecule has 0 spiro atoms. The molecule has 76 valence electrons. The van der Waals surface area contributed by atoms with Crippen LogP contribution in [0.4, 0.5) is 0 Å². The van der Waals surface area contributed by atoms with E-state index in [1.54, 1.807) is 0 Å². The maximum Gasteiger partial charge on any atom is 0.236 e. The summed E-state index contributed by atoms with van der Waals surface area (Å²) in [4.78, 5) is 0. The Morgan fingerprint density at radius 3 is 2.77 bits per heavy atom. The second kappa shape index (κ2) is 4.44. The third-order valence-electron chi connectivity index (χ3n) is 2.23. The van der Waals surface area contributed by atoms with Gasteiger partial charge in [0.2, 0.25) is 9.05 Å². The summed E-state index contributed by atoms with van der Waals surface area (Å²) in [6.07, 6.45) is 2.09. The lowest BCUT2D eigenvalue weighted by Gasteiger charge is -2.23. The Balaban J connectivity index is 2.47. The van der Waals surface area contributed by atoms with Crippen LogP contribution in [0.1, 0.15) is 12.8 Å². The quantitative estimate of drug-likeness (QED) is 0.576. The summed E-state index contributed by atoms with van der Waals surface area (Å²) in [7, 11) is 1.71.